The third-order valence-electron chi connectivity index (χ3n) is 3.22. The van der Waals surface area contributed by atoms with Gasteiger partial charge in [0.1, 0.15) is 5.69 Å². The second-order valence-corrected chi connectivity index (χ2v) is 6.21. The third kappa shape index (κ3) is 3.46. The molecule has 8 heteroatoms. The predicted molar refractivity (Wildman–Crippen MR) is 81.1 cm³/mol. The Balaban J connectivity index is 2.15. The van der Waals surface area contributed by atoms with E-state index in [-0.39, 0.29) is 16.9 Å². The lowest BCUT2D eigenvalue weighted by Crippen LogP contribution is -2.34. The minimum absolute atomic E-state index is 0.203. The topological polar surface area (TPSA) is 104 Å². The van der Waals surface area contributed by atoms with Crippen LogP contribution in [0.4, 0.5) is 11.5 Å². The summed E-state index contributed by atoms with van der Waals surface area (Å²) in [6.07, 6.45) is 0.678. The Bertz CT molecular complexity index is 477. The van der Waals surface area contributed by atoms with Crippen LogP contribution in [0, 0.1) is 0 Å². The van der Waals surface area contributed by atoms with E-state index < -0.39 is 12.2 Å². The summed E-state index contributed by atoms with van der Waals surface area (Å²) >= 11 is 7.51. The van der Waals surface area contributed by atoms with Gasteiger partial charge in [-0.2, -0.15) is 0 Å². The Labute approximate surface area is 127 Å². The minimum atomic E-state index is -0.824. The molecule has 2 rings (SSSR count). The molecule has 0 spiro atoms. The summed E-state index contributed by atoms with van der Waals surface area (Å²) in [6, 6.07) is -0.276. The molecule has 0 aromatic carbocycles. The van der Waals surface area contributed by atoms with Crippen molar-refractivity contribution in [2.24, 2.45) is 0 Å². The van der Waals surface area contributed by atoms with E-state index >= 15 is 0 Å². The molecule has 1 heterocycles. The zero-order chi connectivity index (χ0) is 14.7. The molecule has 0 radical (unpaired) electrons. The fraction of sp³-hybridized carbons (Fsp3) is 0.667. The molecule has 0 bridgehead atoms. The molecule has 1 saturated carbocycles. The molecule has 3 atom stereocenters. The maximum Gasteiger partial charge on any atom is 0.191 e. The number of hydrogen-bond donors (Lipinski definition) is 4. The fourth-order valence-electron chi connectivity index (χ4n) is 2.08. The summed E-state index contributed by atoms with van der Waals surface area (Å²) in [5, 5.41) is 23.2. The van der Waals surface area contributed by atoms with E-state index in [0.717, 1.165) is 12.2 Å². The van der Waals surface area contributed by atoms with E-state index in [1.807, 2.05) is 0 Å². The average molecular weight is 319 g/mol. The van der Waals surface area contributed by atoms with E-state index in [1.165, 1.54) is 11.8 Å². The van der Waals surface area contributed by atoms with Gasteiger partial charge in [0.05, 0.1) is 18.2 Å². The van der Waals surface area contributed by atoms with E-state index in [2.05, 4.69) is 22.2 Å². The predicted octanol–water partition coefficient (Wildman–Crippen LogP) is 1.51. The summed E-state index contributed by atoms with van der Waals surface area (Å²) in [5.41, 5.74) is 6.13. The van der Waals surface area contributed by atoms with Crippen LogP contribution in [0.2, 0.25) is 5.15 Å². The summed E-state index contributed by atoms with van der Waals surface area (Å²) in [5.74, 6) is 1.31. The molecule has 0 aliphatic heterocycles. The molecule has 1 aromatic heterocycles. The number of nitrogen functional groups attached to an aromatic ring is 1. The van der Waals surface area contributed by atoms with E-state index in [9.17, 15) is 10.2 Å². The van der Waals surface area contributed by atoms with Gasteiger partial charge in [-0.25, -0.2) is 9.97 Å². The lowest BCUT2D eigenvalue weighted by Gasteiger charge is -2.20. The highest BCUT2D eigenvalue weighted by molar-refractivity contribution is 7.99. The molecule has 1 aliphatic rings. The maximum atomic E-state index is 9.85. The molecule has 6 nitrogen and oxygen atoms in total. The van der Waals surface area contributed by atoms with Crippen molar-refractivity contribution in [1.82, 2.24) is 9.97 Å². The van der Waals surface area contributed by atoms with Gasteiger partial charge >= 0.3 is 0 Å². The van der Waals surface area contributed by atoms with Crippen molar-refractivity contribution in [2.45, 2.75) is 49.6 Å². The Morgan fingerprint density at radius 2 is 2.15 bits per heavy atom. The number of aliphatic hydroxyl groups excluding tert-OH is 2. The lowest BCUT2D eigenvalue weighted by atomic mass is 10.2. The van der Waals surface area contributed by atoms with Gasteiger partial charge in [0.15, 0.2) is 16.1 Å². The Hall–Kier alpha value is -0.760. The maximum absolute atomic E-state index is 9.85. The molecular weight excluding hydrogens is 300 g/mol. The molecule has 20 heavy (non-hydrogen) atoms. The fourth-order valence-corrected chi connectivity index (χ4v) is 3.00. The van der Waals surface area contributed by atoms with Gasteiger partial charge < -0.3 is 21.3 Å². The first-order valence-electron chi connectivity index (χ1n) is 6.61. The van der Waals surface area contributed by atoms with Crippen LogP contribution in [0.25, 0.3) is 0 Å². The number of rotatable bonds is 5. The van der Waals surface area contributed by atoms with Gasteiger partial charge in [-0.1, -0.05) is 30.3 Å². The highest BCUT2D eigenvalue weighted by Crippen LogP contribution is 2.30. The quantitative estimate of drug-likeness (QED) is 0.370. The number of thioether (sulfide) groups is 1. The van der Waals surface area contributed by atoms with Gasteiger partial charge in [0.25, 0.3) is 0 Å². The Morgan fingerprint density at radius 3 is 2.75 bits per heavy atom. The van der Waals surface area contributed by atoms with Crippen LogP contribution in [-0.4, -0.2) is 44.2 Å². The number of aliphatic hydroxyl groups is 2. The molecule has 0 saturated heterocycles. The summed E-state index contributed by atoms with van der Waals surface area (Å²) in [7, 11) is 0. The van der Waals surface area contributed by atoms with Crippen molar-refractivity contribution in [3.63, 3.8) is 0 Å². The van der Waals surface area contributed by atoms with Crippen LogP contribution < -0.4 is 11.1 Å². The van der Waals surface area contributed by atoms with E-state index in [1.54, 1.807) is 0 Å². The van der Waals surface area contributed by atoms with Crippen LogP contribution in [0.3, 0.4) is 0 Å². The molecule has 112 valence electrons. The second-order valence-electron chi connectivity index (χ2n) is 4.79. The van der Waals surface area contributed by atoms with Gasteiger partial charge in [0, 0.05) is 5.75 Å². The SMILES string of the molecule is CCCSc1nc(Cl)c(N)c(N[C@@H]2CC[C@@H](O)[C@H]2O)n1. The number of anilines is 2. The van der Waals surface area contributed by atoms with Crippen molar-refractivity contribution in [1.29, 1.82) is 0 Å². The molecule has 5 N–H and O–H groups in total. The highest BCUT2D eigenvalue weighted by atomic mass is 35.5. The number of halogens is 1. The highest BCUT2D eigenvalue weighted by Gasteiger charge is 2.34. The van der Waals surface area contributed by atoms with Crippen LogP contribution in [0.1, 0.15) is 26.2 Å². The van der Waals surface area contributed by atoms with Crippen molar-refractivity contribution in [3.8, 4) is 0 Å². The first-order valence-corrected chi connectivity index (χ1v) is 7.97. The van der Waals surface area contributed by atoms with Crippen molar-refractivity contribution < 1.29 is 10.2 Å². The number of hydrogen-bond acceptors (Lipinski definition) is 7. The molecule has 1 aliphatic carbocycles. The minimum Gasteiger partial charge on any atom is -0.393 e. The molecule has 0 unspecified atom stereocenters. The van der Waals surface area contributed by atoms with Gasteiger partial charge in [-0.05, 0) is 19.3 Å². The first-order chi connectivity index (χ1) is 9.52. The smallest absolute Gasteiger partial charge is 0.191 e. The largest absolute Gasteiger partial charge is 0.393 e. The molecular formula is C12H19ClN4O2S. The number of nitrogens with zero attached hydrogens (tertiary/aromatic N) is 2. The lowest BCUT2D eigenvalue weighted by molar-refractivity contribution is 0.0391. The van der Waals surface area contributed by atoms with Crippen LogP contribution >= 0.6 is 23.4 Å². The van der Waals surface area contributed by atoms with Crippen LogP contribution in [0.5, 0.6) is 0 Å². The standard InChI is InChI=1S/C12H19ClN4O2S/c1-2-5-20-12-16-10(13)8(14)11(17-12)15-6-3-4-7(18)9(6)19/h6-7,9,18-19H,2-5,14H2,1H3,(H,15,16,17)/t6-,7-,9+/m1/s1. The number of aromatic nitrogens is 2. The van der Waals surface area contributed by atoms with Crippen LogP contribution in [0.15, 0.2) is 5.16 Å². The number of nitrogens with two attached hydrogens (primary N) is 1. The van der Waals surface area contributed by atoms with E-state index in [0.29, 0.717) is 23.8 Å². The summed E-state index contributed by atoms with van der Waals surface area (Å²) < 4.78 is 0. The van der Waals surface area contributed by atoms with E-state index in [4.69, 9.17) is 17.3 Å². The summed E-state index contributed by atoms with van der Waals surface area (Å²) in [4.78, 5) is 8.45. The molecule has 0 amide bonds. The third-order valence-corrected chi connectivity index (χ3v) is 4.56. The van der Waals surface area contributed by atoms with Gasteiger partial charge in [0.2, 0.25) is 0 Å². The zero-order valence-corrected chi connectivity index (χ0v) is 12.8. The monoisotopic (exact) mass is 318 g/mol. The van der Waals surface area contributed by atoms with Crippen molar-refractivity contribution >= 4 is 34.9 Å². The zero-order valence-electron chi connectivity index (χ0n) is 11.2. The van der Waals surface area contributed by atoms with Crippen molar-refractivity contribution in [3.05, 3.63) is 5.15 Å². The van der Waals surface area contributed by atoms with Crippen LogP contribution in [-0.2, 0) is 0 Å². The number of nitrogens with one attached hydrogen (secondary N) is 1. The molecule has 1 fully saturated rings. The first kappa shape index (κ1) is 15.6. The van der Waals surface area contributed by atoms with Gasteiger partial charge in [-0.15, -0.1) is 0 Å². The Morgan fingerprint density at radius 1 is 1.40 bits per heavy atom. The normalized spacial score (nSPS) is 25.9. The second kappa shape index (κ2) is 6.80. The Kier molecular flexibility index (Phi) is 5.31. The summed E-state index contributed by atoms with van der Waals surface area (Å²) in [6.45, 7) is 2.07. The average Bonchev–Trinajstić information content (AvgIpc) is 2.73. The van der Waals surface area contributed by atoms with Crippen molar-refractivity contribution in [2.75, 3.05) is 16.8 Å². The van der Waals surface area contributed by atoms with Gasteiger partial charge in [-0.3, -0.25) is 0 Å². The molecule has 1 aromatic rings.